The predicted octanol–water partition coefficient (Wildman–Crippen LogP) is 3.45. The van der Waals surface area contributed by atoms with Crippen molar-refractivity contribution in [1.29, 1.82) is 0 Å². The minimum Gasteiger partial charge on any atom is -0.497 e. The number of rotatable bonds is 8. The van der Waals surface area contributed by atoms with Crippen molar-refractivity contribution in [3.63, 3.8) is 0 Å². The highest BCUT2D eigenvalue weighted by Crippen LogP contribution is 2.26. The Hall–Kier alpha value is -3.13. The van der Waals surface area contributed by atoms with E-state index in [0.29, 0.717) is 23.0 Å². The summed E-state index contributed by atoms with van der Waals surface area (Å²) in [6, 6.07) is 16.2. The molecule has 0 aliphatic heterocycles. The Kier molecular flexibility index (Phi) is 6.56. The monoisotopic (exact) mass is 428 g/mol. The van der Waals surface area contributed by atoms with Crippen LogP contribution in [0.3, 0.4) is 0 Å². The van der Waals surface area contributed by atoms with E-state index in [1.54, 1.807) is 38.3 Å². The quantitative estimate of drug-likeness (QED) is 0.590. The summed E-state index contributed by atoms with van der Waals surface area (Å²) in [5.41, 5.74) is 1.87. The van der Waals surface area contributed by atoms with E-state index in [-0.39, 0.29) is 17.5 Å². The van der Waals surface area contributed by atoms with Gasteiger partial charge < -0.3 is 14.5 Å². The zero-order chi connectivity index (χ0) is 21.7. The summed E-state index contributed by atoms with van der Waals surface area (Å²) >= 11 is 0. The number of ether oxygens (including phenoxy) is 1. The van der Waals surface area contributed by atoms with Crippen molar-refractivity contribution >= 4 is 15.7 Å². The molecule has 0 bridgehead atoms. The first-order chi connectivity index (χ1) is 14.3. The van der Waals surface area contributed by atoms with Crippen LogP contribution in [0.25, 0.3) is 11.5 Å². The molecule has 1 heterocycles. The van der Waals surface area contributed by atoms with Crippen LogP contribution in [0.1, 0.15) is 30.0 Å². The number of aromatic nitrogens is 1. The maximum absolute atomic E-state index is 12.6. The van der Waals surface area contributed by atoms with E-state index in [1.807, 2.05) is 37.3 Å². The Morgan fingerprint density at radius 1 is 1.17 bits per heavy atom. The van der Waals surface area contributed by atoms with Crippen LogP contribution in [-0.2, 0) is 20.4 Å². The number of hydrogen-bond acceptors (Lipinski definition) is 6. The number of nitrogens with zero attached hydrogens (tertiary/aromatic N) is 1. The van der Waals surface area contributed by atoms with Gasteiger partial charge in [0.2, 0.25) is 11.8 Å². The molecule has 0 spiro atoms. The van der Waals surface area contributed by atoms with Crippen molar-refractivity contribution in [3.8, 4) is 17.2 Å². The molecule has 0 radical (unpaired) electrons. The summed E-state index contributed by atoms with van der Waals surface area (Å²) in [4.78, 5) is 16.6. The summed E-state index contributed by atoms with van der Waals surface area (Å²) in [6.07, 6.45) is 0. The summed E-state index contributed by atoms with van der Waals surface area (Å²) in [5, 5.41) is 2.72. The molecule has 0 fully saturated rings. The van der Waals surface area contributed by atoms with Crippen LogP contribution in [0.4, 0.5) is 0 Å². The highest BCUT2D eigenvalue weighted by molar-refractivity contribution is 7.91. The normalized spacial score (nSPS) is 12.4. The van der Waals surface area contributed by atoms with Crippen molar-refractivity contribution in [2.24, 2.45) is 0 Å². The van der Waals surface area contributed by atoms with Crippen LogP contribution < -0.4 is 10.1 Å². The lowest BCUT2D eigenvalue weighted by Gasteiger charge is -2.14. The Morgan fingerprint density at radius 2 is 1.90 bits per heavy atom. The first-order valence-corrected chi connectivity index (χ1v) is 11.2. The molecular formula is C22H24N2O5S. The molecule has 0 aliphatic carbocycles. The summed E-state index contributed by atoms with van der Waals surface area (Å²) in [7, 11) is -2.17. The van der Waals surface area contributed by atoms with E-state index in [0.717, 1.165) is 5.56 Å². The summed E-state index contributed by atoms with van der Waals surface area (Å²) in [5.74, 6) is -0.208. The van der Waals surface area contributed by atoms with Crippen molar-refractivity contribution < 1.29 is 22.4 Å². The minimum absolute atomic E-state index is 0.289. The molecule has 1 N–H and O–H groups in total. The molecule has 1 atom stereocenters. The van der Waals surface area contributed by atoms with Gasteiger partial charge in [-0.3, -0.25) is 4.79 Å². The number of oxazole rings is 1. The van der Waals surface area contributed by atoms with Crippen molar-refractivity contribution in [2.45, 2.75) is 25.6 Å². The average Bonchev–Trinajstić information content (AvgIpc) is 3.07. The molecule has 0 unspecified atom stereocenters. The Morgan fingerprint density at radius 3 is 2.60 bits per heavy atom. The second-order valence-corrected chi connectivity index (χ2v) is 9.05. The molecule has 1 aromatic heterocycles. The van der Waals surface area contributed by atoms with Gasteiger partial charge in [0.25, 0.3) is 0 Å². The Bertz CT molecular complexity index is 1120. The lowest BCUT2D eigenvalue weighted by Crippen LogP contribution is -2.32. The fourth-order valence-corrected chi connectivity index (χ4v) is 4.28. The number of hydrogen-bond donors (Lipinski definition) is 1. The molecule has 30 heavy (non-hydrogen) atoms. The van der Waals surface area contributed by atoms with E-state index in [9.17, 15) is 13.2 Å². The van der Waals surface area contributed by atoms with Gasteiger partial charge in [0.15, 0.2) is 9.84 Å². The molecule has 158 valence electrons. The third kappa shape index (κ3) is 5.48. The maximum atomic E-state index is 12.6. The van der Waals surface area contributed by atoms with E-state index in [4.69, 9.17) is 9.15 Å². The van der Waals surface area contributed by atoms with Gasteiger partial charge in [-0.25, -0.2) is 13.4 Å². The van der Waals surface area contributed by atoms with Crippen LogP contribution >= 0.6 is 0 Å². The minimum atomic E-state index is -3.73. The van der Waals surface area contributed by atoms with E-state index < -0.39 is 21.5 Å². The van der Waals surface area contributed by atoms with E-state index >= 15 is 0 Å². The lowest BCUT2D eigenvalue weighted by molar-refractivity contribution is -0.119. The number of sulfone groups is 1. The van der Waals surface area contributed by atoms with Crippen molar-refractivity contribution in [3.05, 3.63) is 71.6 Å². The van der Waals surface area contributed by atoms with Crippen LogP contribution in [-0.4, -0.2) is 32.2 Å². The fraction of sp³-hybridized carbons (Fsp3) is 0.273. The molecule has 0 saturated carbocycles. The van der Waals surface area contributed by atoms with Gasteiger partial charge in [0, 0.05) is 5.56 Å². The number of methoxy groups -OCH3 is 1. The number of carbonyl (C=O) groups excluding carboxylic acids is 1. The van der Waals surface area contributed by atoms with Gasteiger partial charge in [-0.1, -0.05) is 36.4 Å². The van der Waals surface area contributed by atoms with Gasteiger partial charge in [-0.15, -0.1) is 0 Å². The van der Waals surface area contributed by atoms with Gasteiger partial charge >= 0.3 is 0 Å². The highest BCUT2D eigenvalue weighted by Gasteiger charge is 2.23. The molecule has 3 aromatic rings. The first-order valence-electron chi connectivity index (χ1n) is 9.43. The molecule has 0 aliphatic rings. The number of amides is 1. The molecule has 1 amide bonds. The largest absolute Gasteiger partial charge is 0.497 e. The number of carbonyl (C=O) groups is 1. The third-order valence-electron chi connectivity index (χ3n) is 4.59. The second-order valence-electron chi connectivity index (χ2n) is 6.99. The van der Waals surface area contributed by atoms with Crippen LogP contribution in [0, 0.1) is 6.92 Å². The van der Waals surface area contributed by atoms with Crippen molar-refractivity contribution in [1.82, 2.24) is 10.3 Å². The second kappa shape index (κ2) is 9.13. The van der Waals surface area contributed by atoms with E-state index in [2.05, 4.69) is 10.3 Å². The zero-order valence-electron chi connectivity index (χ0n) is 17.1. The molecule has 2 aromatic carbocycles. The molecular weight excluding hydrogens is 404 g/mol. The van der Waals surface area contributed by atoms with Crippen LogP contribution in [0.2, 0.25) is 0 Å². The molecule has 0 saturated heterocycles. The Labute approximate surface area is 176 Å². The van der Waals surface area contributed by atoms with Gasteiger partial charge in [0.05, 0.1) is 24.6 Å². The van der Waals surface area contributed by atoms with Crippen LogP contribution in [0.5, 0.6) is 5.75 Å². The van der Waals surface area contributed by atoms with Gasteiger partial charge in [-0.05, 0) is 37.6 Å². The van der Waals surface area contributed by atoms with E-state index in [1.165, 1.54) is 0 Å². The smallest absolute Gasteiger partial charge is 0.235 e. The Balaban J connectivity index is 1.68. The first kappa shape index (κ1) is 21.6. The number of aryl methyl sites for hydroxylation is 1. The predicted molar refractivity (Wildman–Crippen MR) is 114 cm³/mol. The molecule has 8 heteroatoms. The third-order valence-corrected chi connectivity index (χ3v) is 6.01. The molecule has 7 nitrogen and oxygen atoms in total. The van der Waals surface area contributed by atoms with Gasteiger partial charge in [-0.2, -0.15) is 0 Å². The molecule has 3 rings (SSSR count). The standard InChI is InChI=1S/C22H24N2O5S/c1-15(17-8-5-4-6-9-17)23-21(25)14-30(26,27)13-20-16(2)29-22(24-20)18-10-7-11-19(12-18)28-3/h4-12,15H,13-14H2,1-3H3,(H,23,25)/t15-/m1/s1. The van der Waals surface area contributed by atoms with Gasteiger partial charge in [0.1, 0.15) is 17.3 Å². The lowest BCUT2D eigenvalue weighted by atomic mass is 10.1. The number of nitrogens with one attached hydrogen (secondary N) is 1. The zero-order valence-corrected chi connectivity index (χ0v) is 17.9. The highest BCUT2D eigenvalue weighted by atomic mass is 32.2. The topological polar surface area (TPSA) is 98.5 Å². The van der Waals surface area contributed by atoms with Crippen LogP contribution in [0.15, 0.2) is 59.0 Å². The van der Waals surface area contributed by atoms with Crippen molar-refractivity contribution in [2.75, 3.05) is 12.9 Å². The summed E-state index contributed by atoms with van der Waals surface area (Å²) < 4.78 is 36.0. The average molecular weight is 429 g/mol. The number of benzene rings is 2. The maximum Gasteiger partial charge on any atom is 0.235 e. The summed E-state index contributed by atoms with van der Waals surface area (Å²) in [6.45, 7) is 3.46. The fourth-order valence-electron chi connectivity index (χ4n) is 3.01. The SMILES string of the molecule is COc1cccc(-c2nc(CS(=O)(=O)CC(=O)N[C@H](C)c3ccccc3)c(C)o2)c1.